The molecule has 0 aliphatic carbocycles. The van der Waals surface area contributed by atoms with Crippen molar-refractivity contribution in [2.45, 2.75) is 19.4 Å². The van der Waals surface area contributed by atoms with Gasteiger partial charge in [0.25, 0.3) is 5.91 Å². The third-order valence-corrected chi connectivity index (χ3v) is 4.33. The average molecular weight is 359 g/mol. The van der Waals surface area contributed by atoms with E-state index >= 15 is 0 Å². The maximum absolute atomic E-state index is 12.9. The van der Waals surface area contributed by atoms with Crippen molar-refractivity contribution in [3.8, 4) is 0 Å². The van der Waals surface area contributed by atoms with E-state index in [1.165, 1.54) is 6.21 Å². The first-order chi connectivity index (χ1) is 13.0. The number of aryl methyl sites for hydroxylation is 2. The van der Waals surface area contributed by atoms with Gasteiger partial charge in [-0.05, 0) is 31.0 Å². The molecule has 27 heavy (non-hydrogen) atoms. The van der Waals surface area contributed by atoms with Crippen molar-refractivity contribution in [3.63, 3.8) is 0 Å². The lowest BCUT2D eigenvalue weighted by atomic mass is 9.85. The van der Waals surface area contributed by atoms with Gasteiger partial charge in [-0.3, -0.25) is 9.78 Å². The van der Waals surface area contributed by atoms with Gasteiger partial charge >= 0.3 is 0 Å². The second-order valence-electron chi connectivity index (χ2n) is 6.43. The molecule has 2 aromatic carbocycles. The number of carbonyl (C=O) groups excluding carboxylic acids is 1. The lowest BCUT2D eigenvalue weighted by Gasteiger charge is -2.27. The maximum Gasteiger partial charge on any atom is 0.281 e. The summed E-state index contributed by atoms with van der Waals surface area (Å²) in [5.74, 6) is -0.629. The lowest BCUT2D eigenvalue weighted by molar-refractivity contribution is -0.136. The van der Waals surface area contributed by atoms with E-state index in [2.05, 4.69) is 15.5 Å². The third kappa shape index (κ3) is 4.10. The van der Waals surface area contributed by atoms with Crippen LogP contribution in [0.3, 0.4) is 0 Å². The first kappa shape index (κ1) is 18.5. The number of benzene rings is 2. The fraction of sp³-hybridized carbons (Fsp3) is 0.136. The van der Waals surface area contributed by atoms with Gasteiger partial charge in [0.05, 0.1) is 6.21 Å². The molecule has 1 amide bonds. The molecule has 136 valence electrons. The molecule has 0 atom stereocenters. The Morgan fingerprint density at radius 3 is 2.04 bits per heavy atom. The zero-order chi connectivity index (χ0) is 19.3. The first-order valence-electron chi connectivity index (χ1n) is 8.60. The van der Waals surface area contributed by atoms with Crippen LogP contribution in [0.25, 0.3) is 0 Å². The molecular formula is C22H21N3O2. The molecule has 0 fully saturated rings. The van der Waals surface area contributed by atoms with E-state index < -0.39 is 11.5 Å². The van der Waals surface area contributed by atoms with Gasteiger partial charge in [-0.1, -0.05) is 65.7 Å². The Labute approximate surface area is 158 Å². The molecule has 0 saturated carbocycles. The summed E-state index contributed by atoms with van der Waals surface area (Å²) >= 11 is 0. The molecule has 0 bridgehead atoms. The number of aliphatic hydroxyl groups is 1. The first-order valence-corrected chi connectivity index (χ1v) is 8.60. The molecule has 3 aromatic rings. The second kappa shape index (κ2) is 7.93. The molecule has 2 N–H and O–H groups in total. The third-order valence-electron chi connectivity index (χ3n) is 4.33. The van der Waals surface area contributed by atoms with Crippen molar-refractivity contribution in [1.29, 1.82) is 0 Å². The molecule has 5 heteroatoms. The van der Waals surface area contributed by atoms with Crippen LogP contribution in [0.15, 0.2) is 78.2 Å². The summed E-state index contributed by atoms with van der Waals surface area (Å²) < 4.78 is 0. The fourth-order valence-electron chi connectivity index (χ4n) is 2.72. The monoisotopic (exact) mass is 359 g/mol. The minimum Gasteiger partial charge on any atom is -0.372 e. The minimum absolute atomic E-state index is 0.478. The van der Waals surface area contributed by atoms with E-state index in [0.717, 1.165) is 16.7 Å². The maximum atomic E-state index is 12.9. The lowest BCUT2D eigenvalue weighted by Crippen LogP contribution is -2.43. The van der Waals surface area contributed by atoms with Crippen LogP contribution >= 0.6 is 0 Å². The van der Waals surface area contributed by atoms with Crippen LogP contribution in [-0.4, -0.2) is 22.2 Å². The molecule has 0 unspecified atom stereocenters. The molecular weight excluding hydrogens is 338 g/mol. The molecule has 0 saturated heterocycles. The van der Waals surface area contributed by atoms with E-state index in [1.54, 1.807) is 42.7 Å². The van der Waals surface area contributed by atoms with Crippen molar-refractivity contribution >= 4 is 12.1 Å². The molecule has 5 nitrogen and oxygen atoms in total. The number of nitrogens with zero attached hydrogens (tertiary/aromatic N) is 2. The fourth-order valence-corrected chi connectivity index (χ4v) is 2.72. The van der Waals surface area contributed by atoms with E-state index in [-0.39, 0.29) is 0 Å². The number of nitrogens with one attached hydrogen (secondary N) is 1. The molecule has 0 spiro atoms. The highest BCUT2D eigenvalue weighted by atomic mass is 16.3. The molecule has 0 radical (unpaired) electrons. The Kier molecular flexibility index (Phi) is 5.43. The SMILES string of the molecule is Cc1ccc(C(O)(C(=O)N/N=C/c2cccnc2)c2ccc(C)cc2)cc1. The van der Waals surface area contributed by atoms with Crippen LogP contribution in [0.1, 0.15) is 27.8 Å². The van der Waals surface area contributed by atoms with Crippen LogP contribution in [0.4, 0.5) is 0 Å². The Hall–Kier alpha value is -3.31. The number of hydrazone groups is 1. The van der Waals surface area contributed by atoms with Crippen molar-refractivity contribution in [3.05, 3.63) is 101 Å². The summed E-state index contributed by atoms with van der Waals surface area (Å²) in [7, 11) is 0. The van der Waals surface area contributed by atoms with Crippen LogP contribution in [-0.2, 0) is 10.4 Å². The summed E-state index contributed by atoms with van der Waals surface area (Å²) in [5.41, 5.74) is 4.38. The Morgan fingerprint density at radius 2 is 1.56 bits per heavy atom. The van der Waals surface area contributed by atoms with Crippen LogP contribution < -0.4 is 5.43 Å². The van der Waals surface area contributed by atoms with Gasteiger partial charge < -0.3 is 5.11 Å². The number of rotatable bonds is 5. The van der Waals surface area contributed by atoms with Gasteiger partial charge in [-0.15, -0.1) is 0 Å². The topological polar surface area (TPSA) is 74.6 Å². The number of carbonyl (C=O) groups is 1. The molecule has 1 aromatic heterocycles. The molecule has 3 rings (SSSR count). The number of aromatic nitrogens is 1. The number of hydrogen-bond donors (Lipinski definition) is 2. The van der Waals surface area contributed by atoms with Crippen LogP contribution in [0.2, 0.25) is 0 Å². The summed E-state index contributed by atoms with van der Waals surface area (Å²) in [6.07, 6.45) is 4.76. The van der Waals surface area contributed by atoms with Crippen molar-refractivity contribution in [1.82, 2.24) is 10.4 Å². The Bertz CT molecular complexity index is 888. The summed E-state index contributed by atoms with van der Waals surface area (Å²) in [4.78, 5) is 16.9. The smallest absolute Gasteiger partial charge is 0.281 e. The standard InChI is InChI=1S/C22H21N3O2/c1-16-5-9-19(10-6-16)22(27,20-11-7-17(2)8-12-20)21(26)25-24-15-18-4-3-13-23-14-18/h3-15,27H,1-2H3,(H,25,26)/b24-15+. The van der Waals surface area contributed by atoms with Gasteiger partial charge in [-0.25, -0.2) is 5.43 Å². The van der Waals surface area contributed by atoms with Crippen molar-refractivity contribution in [2.75, 3.05) is 0 Å². The number of hydrogen-bond acceptors (Lipinski definition) is 4. The largest absolute Gasteiger partial charge is 0.372 e. The highest BCUT2D eigenvalue weighted by molar-refractivity contribution is 5.91. The molecule has 0 aliphatic rings. The highest BCUT2D eigenvalue weighted by Gasteiger charge is 2.40. The van der Waals surface area contributed by atoms with E-state index in [9.17, 15) is 9.90 Å². The van der Waals surface area contributed by atoms with E-state index in [0.29, 0.717) is 11.1 Å². The predicted octanol–water partition coefficient (Wildman–Crippen LogP) is 3.08. The highest BCUT2D eigenvalue weighted by Crippen LogP contribution is 2.30. The average Bonchev–Trinajstić information content (AvgIpc) is 2.69. The summed E-state index contributed by atoms with van der Waals surface area (Å²) in [6.45, 7) is 3.90. The second-order valence-corrected chi connectivity index (χ2v) is 6.43. The number of amides is 1. The van der Waals surface area contributed by atoms with Crippen molar-refractivity contribution in [2.24, 2.45) is 5.10 Å². The Balaban J connectivity index is 1.93. The zero-order valence-corrected chi connectivity index (χ0v) is 15.3. The van der Waals surface area contributed by atoms with Crippen LogP contribution in [0, 0.1) is 13.8 Å². The van der Waals surface area contributed by atoms with Gasteiger partial charge in [0, 0.05) is 18.0 Å². The van der Waals surface area contributed by atoms with Crippen LogP contribution in [0.5, 0.6) is 0 Å². The quantitative estimate of drug-likeness (QED) is 0.543. The molecule has 1 heterocycles. The normalized spacial score (nSPS) is 11.5. The summed E-state index contributed by atoms with van der Waals surface area (Å²) in [5, 5.41) is 15.4. The molecule has 0 aliphatic heterocycles. The Morgan fingerprint density at radius 1 is 1.00 bits per heavy atom. The summed E-state index contributed by atoms with van der Waals surface area (Å²) in [6, 6.07) is 18.0. The predicted molar refractivity (Wildman–Crippen MR) is 105 cm³/mol. The number of pyridine rings is 1. The van der Waals surface area contributed by atoms with Gasteiger partial charge in [0.15, 0.2) is 5.60 Å². The minimum atomic E-state index is -1.85. The van der Waals surface area contributed by atoms with E-state index in [1.807, 2.05) is 44.2 Å². The van der Waals surface area contributed by atoms with E-state index in [4.69, 9.17) is 0 Å². The van der Waals surface area contributed by atoms with Gasteiger partial charge in [-0.2, -0.15) is 5.10 Å². The zero-order valence-electron chi connectivity index (χ0n) is 15.3. The van der Waals surface area contributed by atoms with Crippen molar-refractivity contribution < 1.29 is 9.90 Å². The van der Waals surface area contributed by atoms with Gasteiger partial charge in [0.1, 0.15) is 0 Å². The van der Waals surface area contributed by atoms with Gasteiger partial charge in [0.2, 0.25) is 0 Å².